The number of rotatable bonds is 4. The van der Waals surface area contributed by atoms with E-state index in [1.165, 1.54) is 0 Å². The molecule has 0 saturated carbocycles. The van der Waals surface area contributed by atoms with E-state index in [2.05, 4.69) is 10.2 Å². The Morgan fingerprint density at radius 3 is 2.44 bits per heavy atom. The quantitative estimate of drug-likeness (QED) is 0.647. The van der Waals surface area contributed by atoms with Crippen molar-refractivity contribution in [3.05, 3.63) is 48.5 Å². The maximum atomic E-state index is 5.79. The van der Waals surface area contributed by atoms with E-state index >= 15 is 0 Å². The molecule has 2 aromatic carbocycles. The summed E-state index contributed by atoms with van der Waals surface area (Å²) in [6, 6.07) is 14.9. The summed E-state index contributed by atoms with van der Waals surface area (Å²) in [6.45, 7) is 2.49. The summed E-state index contributed by atoms with van der Waals surface area (Å²) in [6.07, 6.45) is 0. The Hall–Kier alpha value is -2.36. The Bertz CT molecular complexity index is 538. The molecular weight excluding hydrogens is 226 g/mol. The lowest BCUT2D eigenvalue weighted by Gasteiger charge is -2.06. The second-order valence-corrected chi connectivity index (χ2v) is 3.69. The highest BCUT2D eigenvalue weighted by molar-refractivity contribution is 5.59. The van der Waals surface area contributed by atoms with Gasteiger partial charge in [0.05, 0.1) is 23.7 Å². The van der Waals surface area contributed by atoms with E-state index in [9.17, 15) is 0 Å². The van der Waals surface area contributed by atoms with Crippen molar-refractivity contribution in [2.75, 3.05) is 12.3 Å². The molecule has 0 aliphatic carbocycles. The molecule has 0 amide bonds. The third-order valence-corrected chi connectivity index (χ3v) is 2.33. The molecule has 0 aromatic heterocycles. The molecular formula is C14H15N3O. The first kappa shape index (κ1) is 12.1. The average molecular weight is 241 g/mol. The first-order chi connectivity index (χ1) is 8.79. The molecule has 0 heterocycles. The lowest BCUT2D eigenvalue weighted by molar-refractivity contribution is 0.342. The molecule has 0 saturated heterocycles. The predicted octanol–water partition coefficient (Wildman–Crippen LogP) is 4.08. The molecule has 4 heteroatoms. The van der Waals surface area contributed by atoms with Crippen LogP contribution in [0.1, 0.15) is 6.92 Å². The number of ether oxygens (including phenoxy) is 1. The van der Waals surface area contributed by atoms with E-state index in [-0.39, 0.29) is 0 Å². The molecule has 0 bridgehead atoms. The van der Waals surface area contributed by atoms with Gasteiger partial charge in [-0.3, -0.25) is 0 Å². The van der Waals surface area contributed by atoms with Gasteiger partial charge in [-0.25, -0.2) is 0 Å². The van der Waals surface area contributed by atoms with Gasteiger partial charge in [-0.15, -0.1) is 0 Å². The molecule has 92 valence electrons. The van der Waals surface area contributed by atoms with Crippen molar-refractivity contribution in [2.45, 2.75) is 6.92 Å². The number of azo groups is 1. The van der Waals surface area contributed by atoms with Crippen molar-refractivity contribution < 1.29 is 4.74 Å². The summed E-state index contributed by atoms with van der Waals surface area (Å²) < 4.78 is 5.40. The maximum absolute atomic E-state index is 5.79. The SMILES string of the molecule is CCOc1cc(N=Nc2ccccc2)ccc1N. The number of anilines is 1. The van der Waals surface area contributed by atoms with Gasteiger partial charge in [0, 0.05) is 6.07 Å². The van der Waals surface area contributed by atoms with E-state index in [1.54, 1.807) is 12.1 Å². The van der Waals surface area contributed by atoms with Crippen LogP contribution < -0.4 is 10.5 Å². The first-order valence-corrected chi connectivity index (χ1v) is 5.78. The number of hydrogen-bond acceptors (Lipinski definition) is 4. The predicted molar refractivity (Wildman–Crippen MR) is 72.6 cm³/mol. The van der Waals surface area contributed by atoms with Crippen molar-refractivity contribution >= 4 is 17.1 Å². The van der Waals surface area contributed by atoms with E-state index in [1.807, 2.05) is 43.3 Å². The second-order valence-electron chi connectivity index (χ2n) is 3.69. The van der Waals surface area contributed by atoms with Gasteiger partial charge in [0.2, 0.25) is 0 Å². The van der Waals surface area contributed by atoms with Gasteiger partial charge >= 0.3 is 0 Å². The zero-order chi connectivity index (χ0) is 12.8. The summed E-state index contributed by atoms with van der Waals surface area (Å²) in [4.78, 5) is 0. The van der Waals surface area contributed by atoms with Crippen LogP contribution in [0.5, 0.6) is 5.75 Å². The summed E-state index contributed by atoms with van der Waals surface area (Å²) in [5.74, 6) is 0.641. The van der Waals surface area contributed by atoms with Gasteiger partial charge in [0.25, 0.3) is 0 Å². The molecule has 0 aliphatic rings. The molecule has 18 heavy (non-hydrogen) atoms. The van der Waals surface area contributed by atoms with Crippen molar-refractivity contribution in [3.63, 3.8) is 0 Å². The Kier molecular flexibility index (Phi) is 3.91. The molecule has 2 N–H and O–H groups in total. The van der Waals surface area contributed by atoms with Crippen molar-refractivity contribution in [3.8, 4) is 5.75 Å². The number of hydrogen-bond donors (Lipinski definition) is 1. The van der Waals surface area contributed by atoms with Crippen LogP contribution in [0.15, 0.2) is 58.8 Å². The van der Waals surface area contributed by atoms with Crippen molar-refractivity contribution in [1.82, 2.24) is 0 Å². The van der Waals surface area contributed by atoms with Crippen LogP contribution in [-0.4, -0.2) is 6.61 Å². The Morgan fingerprint density at radius 1 is 1.00 bits per heavy atom. The van der Waals surface area contributed by atoms with Crippen LogP contribution in [0.25, 0.3) is 0 Å². The van der Waals surface area contributed by atoms with Crippen LogP contribution in [0.2, 0.25) is 0 Å². The number of nitrogen functional groups attached to an aromatic ring is 1. The van der Waals surface area contributed by atoms with Crippen LogP contribution in [-0.2, 0) is 0 Å². The van der Waals surface area contributed by atoms with Crippen molar-refractivity contribution in [2.24, 2.45) is 10.2 Å². The van der Waals surface area contributed by atoms with Crippen molar-refractivity contribution in [1.29, 1.82) is 0 Å². The zero-order valence-electron chi connectivity index (χ0n) is 10.2. The van der Waals surface area contributed by atoms with E-state index in [4.69, 9.17) is 10.5 Å². The summed E-state index contributed by atoms with van der Waals surface area (Å²) in [7, 11) is 0. The highest BCUT2D eigenvalue weighted by Gasteiger charge is 2.00. The second kappa shape index (κ2) is 5.82. The van der Waals surface area contributed by atoms with E-state index in [0.717, 1.165) is 11.4 Å². The summed E-state index contributed by atoms with van der Waals surface area (Å²) >= 11 is 0. The van der Waals surface area contributed by atoms with Gasteiger partial charge in [0.1, 0.15) is 5.75 Å². The molecule has 0 radical (unpaired) electrons. The first-order valence-electron chi connectivity index (χ1n) is 5.78. The fourth-order valence-corrected chi connectivity index (χ4v) is 1.48. The molecule has 0 aliphatic heterocycles. The third kappa shape index (κ3) is 3.07. The topological polar surface area (TPSA) is 60.0 Å². The maximum Gasteiger partial charge on any atom is 0.144 e. The van der Waals surface area contributed by atoms with Crippen LogP contribution >= 0.6 is 0 Å². The minimum absolute atomic E-state index is 0.573. The minimum Gasteiger partial charge on any atom is -0.492 e. The minimum atomic E-state index is 0.573. The lowest BCUT2D eigenvalue weighted by atomic mass is 10.2. The fraction of sp³-hybridized carbons (Fsp3) is 0.143. The monoisotopic (exact) mass is 241 g/mol. The van der Waals surface area contributed by atoms with Gasteiger partial charge in [-0.2, -0.15) is 10.2 Å². The highest BCUT2D eigenvalue weighted by atomic mass is 16.5. The van der Waals surface area contributed by atoms with Crippen LogP contribution in [0.4, 0.5) is 17.1 Å². The molecule has 0 atom stereocenters. The highest BCUT2D eigenvalue weighted by Crippen LogP contribution is 2.28. The third-order valence-electron chi connectivity index (χ3n) is 2.33. The van der Waals surface area contributed by atoms with Crippen LogP contribution in [0.3, 0.4) is 0 Å². The van der Waals surface area contributed by atoms with Gasteiger partial charge < -0.3 is 10.5 Å². The lowest BCUT2D eigenvalue weighted by Crippen LogP contribution is -1.95. The molecule has 0 fully saturated rings. The van der Waals surface area contributed by atoms with Gasteiger partial charge in [-0.1, -0.05) is 18.2 Å². The van der Waals surface area contributed by atoms with Gasteiger partial charge in [0.15, 0.2) is 0 Å². The normalized spacial score (nSPS) is 10.7. The summed E-state index contributed by atoms with van der Waals surface area (Å²) in [5.41, 5.74) is 7.92. The Labute approximate surface area is 106 Å². The smallest absolute Gasteiger partial charge is 0.144 e. The molecule has 0 spiro atoms. The molecule has 2 rings (SSSR count). The van der Waals surface area contributed by atoms with Gasteiger partial charge in [-0.05, 0) is 31.2 Å². The zero-order valence-corrected chi connectivity index (χ0v) is 10.2. The standard InChI is InChI=1S/C14H15N3O/c1-2-18-14-10-12(8-9-13(14)15)17-16-11-6-4-3-5-7-11/h3-10H,2,15H2,1H3. The Morgan fingerprint density at radius 2 is 1.72 bits per heavy atom. The average Bonchev–Trinajstić information content (AvgIpc) is 2.41. The number of benzene rings is 2. The molecule has 2 aromatic rings. The molecule has 4 nitrogen and oxygen atoms in total. The molecule has 0 unspecified atom stereocenters. The Balaban J connectivity index is 2.19. The summed E-state index contributed by atoms with van der Waals surface area (Å²) in [5, 5.41) is 8.29. The largest absolute Gasteiger partial charge is 0.492 e. The van der Waals surface area contributed by atoms with E-state index in [0.29, 0.717) is 18.0 Å². The van der Waals surface area contributed by atoms with Crippen LogP contribution in [0, 0.1) is 0 Å². The number of nitrogens with zero attached hydrogens (tertiary/aromatic N) is 2. The van der Waals surface area contributed by atoms with E-state index < -0.39 is 0 Å². The number of nitrogens with two attached hydrogens (primary N) is 1. The fourth-order valence-electron chi connectivity index (χ4n) is 1.48.